The van der Waals surface area contributed by atoms with E-state index in [4.69, 9.17) is 5.11 Å². The molecule has 2 aromatic carbocycles. The Labute approximate surface area is 115 Å². The summed E-state index contributed by atoms with van der Waals surface area (Å²) in [6.45, 7) is 0. The number of benzene rings is 2. The molecule has 0 saturated heterocycles. The van der Waals surface area contributed by atoms with Crippen LogP contribution in [-0.2, 0) is 0 Å². The van der Waals surface area contributed by atoms with Crippen LogP contribution >= 0.6 is 0 Å². The van der Waals surface area contributed by atoms with E-state index in [1.165, 1.54) is 6.33 Å². The normalized spacial score (nSPS) is 10.4. The van der Waals surface area contributed by atoms with E-state index in [1.54, 1.807) is 35.3 Å². The van der Waals surface area contributed by atoms with Crippen LogP contribution in [0.4, 0.5) is 0 Å². The number of hydrogen-bond acceptors (Lipinski definition) is 3. The van der Waals surface area contributed by atoms with Gasteiger partial charge in [0, 0.05) is 0 Å². The highest BCUT2D eigenvalue weighted by atomic mass is 16.4. The molecule has 1 aromatic heterocycles. The fourth-order valence-corrected chi connectivity index (χ4v) is 1.95. The molecule has 5 nitrogen and oxygen atoms in total. The molecule has 98 valence electrons. The Morgan fingerprint density at radius 3 is 2.05 bits per heavy atom. The Morgan fingerprint density at radius 1 is 0.950 bits per heavy atom. The zero-order valence-electron chi connectivity index (χ0n) is 10.5. The van der Waals surface area contributed by atoms with Gasteiger partial charge in [-0.05, 0) is 35.4 Å². The summed E-state index contributed by atoms with van der Waals surface area (Å²) >= 11 is 0. The van der Waals surface area contributed by atoms with Crippen LogP contribution in [0, 0.1) is 0 Å². The van der Waals surface area contributed by atoms with Gasteiger partial charge in [-0.15, -0.1) is 0 Å². The van der Waals surface area contributed by atoms with E-state index < -0.39 is 5.97 Å². The lowest BCUT2D eigenvalue weighted by molar-refractivity contribution is 0.0697. The van der Waals surface area contributed by atoms with Crippen LogP contribution in [0.1, 0.15) is 10.4 Å². The van der Waals surface area contributed by atoms with Gasteiger partial charge >= 0.3 is 5.97 Å². The van der Waals surface area contributed by atoms with E-state index in [-0.39, 0.29) is 5.56 Å². The van der Waals surface area contributed by atoms with Gasteiger partial charge < -0.3 is 5.11 Å². The quantitative estimate of drug-likeness (QED) is 0.790. The van der Waals surface area contributed by atoms with Gasteiger partial charge in [0.2, 0.25) is 0 Å². The predicted molar refractivity (Wildman–Crippen MR) is 73.8 cm³/mol. The molecule has 1 heterocycles. The standard InChI is InChI=1S/C15H11N3O2/c19-15(20)13-3-1-11(2-4-13)12-5-7-14(8-6-12)18-10-16-9-17-18/h1-10H,(H,19,20). The molecule has 1 N–H and O–H groups in total. The van der Waals surface area contributed by atoms with Gasteiger partial charge in [-0.2, -0.15) is 5.10 Å². The Hall–Kier alpha value is -2.95. The highest BCUT2D eigenvalue weighted by molar-refractivity contribution is 5.88. The maximum Gasteiger partial charge on any atom is 0.335 e. The van der Waals surface area contributed by atoms with Crippen LogP contribution in [0.5, 0.6) is 0 Å². The molecule has 0 spiro atoms. The molecule has 0 aliphatic rings. The minimum atomic E-state index is -0.918. The first-order valence-electron chi connectivity index (χ1n) is 6.03. The van der Waals surface area contributed by atoms with Crippen molar-refractivity contribution in [1.29, 1.82) is 0 Å². The Kier molecular flexibility index (Phi) is 3.01. The summed E-state index contributed by atoms with van der Waals surface area (Å²) in [6, 6.07) is 14.6. The molecule has 0 atom stereocenters. The van der Waals surface area contributed by atoms with Crippen molar-refractivity contribution in [2.45, 2.75) is 0 Å². The van der Waals surface area contributed by atoms with Gasteiger partial charge in [0.05, 0.1) is 11.3 Å². The number of hydrogen-bond donors (Lipinski definition) is 1. The van der Waals surface area contributed by atoms with Crippen molar-refractivity contribution in [1.82, 2.24) is 14.8 Å². The summed E-state index contributed by atoms with van der Waals surface area (Å²) in [6.07, 6.45) is 3.12. The lowest BCUT2D eigenvalue weighted by Crippen LogP contribution is -1.95. The number of rotatable bonds is 3. The van der Waals surface area contributed by atoms with Crippen molar-refractivity contribution in [2.24, 2.45) is 0 Å². The van der Waals surface area contributed by atoms with E-state index in [1.807, 2.05) is 24.3 Å². The van der Waals surface area contributed by atoms with Crippen molar-refractivity contribution in [3.05, 3.63) is 66.7 Å². The molecule has 0 bridgehead atoms. The van der Waals surface area contributed by atoms with Crippen LogP contribution < -0.4 is 0 Å². The maximum atomic E-state index is 10.8. The SMILES string of the molecule is O=C(O)c1ccc(-c2ccc(-n3cncn3)cc2)cc1. The topological polar surface area (TPSA) is 68.0 Å². The summed E-state index contributed by atoms with van der Waals surface area (Å²) in [4.78, 5) is 14.7. The first kappa shape index (κ1) is 12.1. The molecule has 20 heavy (non-hydrogen) atoms. The van der Waals surface area contributed by atoms with Crippen molar-refractivity contribution < 1.29 is 9.90 Å². The van der Waals surface area contributed by atoms with Gasteiger partial charge in [-0.1, -0.05) is 24.3 Å². The third-order valence-corrected chi connectivity index (χ3v) is 3.02. The molecule has 0 radical (unpaired) electrons. The number of carboxylic acid groups (broad SMARTS) is 1. The van der Waals surface area contributed by atoms with Crippen molar-refractivity contribution in [3.8, 4) is 16.8 Å². The van der Waals surface area contributed by atoms with Crippen LogP contribution in [0.15, 0.2) is 61.2 Å². The zero-order valence-corrected chi connectivity index (χ0v) is 10.5. The molecular formula is C15H11N3O2. The minimum Gasteiger partial charge on any atom is -0.478 e. The number of nitrogens with zero attached hydrogens (tertiary/aromatic N) is 3. The van der Waals surface area contributed by atoms with Crippen LogP contribution in [0.2, 0.25) is 0 Å². The average Bonchev–Trinajstić information content (AvgIpc) is 3.02. The molecule has 0 amide bonds. The second-order valence-electron chi connectivity index (χ2n) is 4.27. The van der Waals surface area contributed by atoms with Crippen molar-refractivity contribution in [2.75, 3.05) is 0 Å². The van der Waals surface area contributed by atoms with Crippen LogP contribution in [-0.4, -0.2) is 25.8 Å². The van der Waals surface area contributed by atoms with Gasteiger partial charge in [-0.3, -0.25) is 0 Å². The molecule has 0 aliphatic heterocycles. The van der Waals surface area contributed by atoms with Crippen molar-refractivity contribution in [3.63, 3.8) is 0 Å². The Balaban J connectivity index is 1.89. The summed E-state index contributed by atoms with van der Waals surface area (Å²) < 4.78 is 1.68. The third-order valence-electron chi connectivity index (χ3n) is 3.02. The first-order chi connectivity index (χ1) is 9.74. The van der Waals surface area contributed by atoms with Crippen LogP contribution in [0.25, 0.3) is 16.8 Å². The second-order valence-corrected chi connectivity index (χ2v) is 4.27. The highest BCUT2D eigenvalue weighted by Crippen LogP contribution is 2.21. The lowest BCUT2D eigenvalue weighted by atomic mass is 10.0. The molecule has 0 unspecified atom stereocenters. The second kappa shape index (κ2) is 4.97. The van der Waals surface area contributed by atoms with Crippen LogP contribution in [0.3, 0.4) is 0 Å². The van der Waals surface area contributed by atoms with E-state index in [0.29, 0.717) is 0 Å². The fourth-order valence-electron chi connectivity index (χ4n) is 1.95. The molecule has 3 aromatic rings. The molecular weight excluding hydrogens is 254 g/mol. The number of carbonyl (C=O) groups is 1. The summed E-state index contributed by atoms with van der Waals surface area (Å²) in [7, 11) is 0. The summed E-state index contributed by atoms with van der Waals surface area (Å²) in [5, 5.41) is 12.9. The van der Waals surface area contributed by atoms with E-state index in [9.17, 15) is 4.79 Å². The molecule has 5 heteroatoms. The fraction of sp³-hybridized carbons (Fsp3) is 0. The molecule has 0 saturated carbocycles. The smallest absolute Gasteiger partial charge is 0.335 e. The van der Waals surface area contributed by atoms with E-state index in [0.717, 1.165) is 16.8 Å². The Morgan fingerprint density at radius 2 is 1.55 bits per heavy atom. The minimum absolute atomic E-state index is 0.285. The van der Waals surface area contributed by atoms with Gasteiger partial charge in [-0.25, -0.2) is 14.5 Å². The largest absolute Gasteiger partial charge is 0.478 e. The third kappa shape index (κ3) is 2.29. The van der Waals surface area contributed by atoms with Crippen molar-refractivity contribution >= 4 is 5.97 Å². The summed E-state index contributed by atoms with van der Waals surface area (Å²) in [5.74, 6) is -0.918. The lowest BCUT2D eigenvalue weighted by Gasteiger charge is -2.04. The monoisotopic (exact) mass is 265 g/mol. The predicted octanol–water partition coefficient (Wildman–Crippen LogP) is 2.63. The number of aromatic carboxylic acids is 1. The highest BCUT2D eigenvalue weighted by Gasteiger charge is 2.03. The van der Waals surface area contributed by atoms with E-state index in [2.05, 4.69) is 10.1 Å². The van der Waals surface area contributed by atoms with Gasteiger partial charge in [0.25, 0.3) is 0 Å². The molecule has 0 fully saturated rings. The molecule has 3 rings (SSSR count). The zero-order chi connectivity index (χ0) is 13.9. The molecule has 0 aliphatic carbocycles. The van der Waals surface area contributed by atoms with E-state index >= 15 is 0 Å². The number of carboxylic acids is 1. The van der Waals surface area contributed by atoms with Gasteiger partial charge in [0.1, 0.15) is 12.7 Å². The summed E-state index contributed by atoms with van der Waals surface area (Å²) in [5.41, 5.74) is 3.20. The average molecular weight is 265 g/mol. The maximum absolute atomic E-state index is 10.8. The first-order valence-corrected chi connectivity index (χ1v) is 6.03. The Bertz CT molecular complexity index is 717. The van der Waals surface area contributed by atoms with Gasteiger partial charge in [0.15, 0.2) is 0 Å². The number of aromatic nitrogens is 3.